The van der Waals surface area contributed by atoms with E-state index in [0.717, 1.165) is 11.8 Å². The number of piperidine rings is 1. The zero-order chi connectivity index (χ0) is 23.5. The van der Waals surface area contributed by atoms with Gasteiger partial charge in [-0.3, -0.25) is 23.7 Å². The molecule has 2 aromatic heterocycles. The number of pyridine rings is 1. The smallest absolute Gasteiger partial charge is 0.309 e. The van der Waals surface area contributed by atoms with Gasteiger partial charge in [-0.1, -0.05) is 36.1 Å². The standard InChI is InChI=1S/C23H24N4O4S2/c1-3-10-27-21(29)17(33-23(27)32)14-16-19(24-18-7-5-6-11-26(18)20(16)28)25-12-8-15(9-13-25)22(30)31-4-2/h3,5-7,11,14-15H,1,4,8-10,12-13H2,2H3. The summed E-state index contributed by atoms with van der Waals surface area (Å²) in [7, 11) is 0. The molecule has 172 valence electrons. The first-order valence-corrected chi connectivity index (χ1v) is 12.0. The van der Waals surface area contributed by atoms with Crippen molar-refractivity contribution in [3.63, 3.8) is 0 Å². The number of aromatic nitrogens is 2. The highest BCUT2D eigenvalue weighted by Gasteiger charge is 2.33. The summed E-state index contributed by atoms with van der Waals surface area (Å²) in [5, 5.41) is 0. The Kier molecular flexibility index (Phi) is 6.94. The first-order chi connectivity index (χ1) is 15.9. The molecule has 33 heavy (non-hydrogen) atoms. The molecule has 0 aromatic carbocycles. The monoisotopic (exact) mass is 484 g/mol. The average Bonchev–Trinajstić information content (AvgIpc) is 3.09. The molecule has 8 nitrogen and oxygen atoms in total. The van der Waals surface area contributed by atoms with Gasteiger partial charge in [0.1, 0.15) is 15.8 Å². The first-order valence-electron chi connectivity index (χ1n) is 10.7. The number of esters is 1. The zero-order valence-corrected chi connectivity index (χ0v) is 19.9. The van der Waals surface area contributed by atoms with Crippen LogP contribution in [0.4, 0.5) is 5.82 Å². The van der Waals surface area contributed by atoms with Crippen LogP contribution < -0.4 is 10.5 Å². The molecule has 2 aliphatic heterocycles. The Balaban J connectivity index is 1.73. The van der Waals surface area contributed by atoms with Crippen molar-refractivity contribution in [3.8, 4) is 0 Å². The minimum Gasteiger partial charge on any atom is -0.466 e. The molecule has 2 fully saturated rings. The molecule has 2 aromatic rings. The van der Waals surface area contributed by atoms with Crippen LogP contribution in [0, 0.1) is 5.92 Å². The molecule has 0 N–H and O–H groups in total. The van der Waals surface area contributed by atoms with E-state index in [4.69, 9.17) is 21.9 Å². The fourth-order valence-electron chi connectivity index (χ4n) is 3.96. The van der Waals surface area contributed by atoms with Crippen LogP contribution in [-0.2, 0) is 14.3 Å². The van der Waals surface area contributed by atoms with Gasteiger partial charge >= 0.3 is 5.97 Å². The van der Waals surface area contributed by atoms with Crippen molar-refractivity contribution < 1.29 is 14.3 Å². The molecule has 0 spiro atoms. The van der Waals surface area contributed by atoms with E-state index in [1.165, 1.54) is 9.30 Å². The van der Waals surface area contributed by atoms with Crippen molar-refractivity contribution in [2.24, 2.45) is 5.92 Å². The number of rotatable bonds is 6. The normalized spacial score (nSPS) is 18.4. The van der Waals surface area contributed by atoms with Gasteiger partial charge in [-0.15, -0.1) is 6.58 Å². The van der Waals surface area contributed by atoms with Crippen LogP contribution in [0.5, 0.6) is 0 Å². The van der Waals surface area contributed by atoms with Crippen LogP contribution in [0.2, 0.25) is 0 Å². The Morgan fingerprint density at radius 2 is 2.09 bits per heavy atom. The van der Waals surface area contributed by atoms with Crippen LogP contribution in [-0.4, -0.2) is 56.7 Å². The van der Waals surface area contributed by atoms with E-state index in [9.17, 15) is 14.4 Å². The Labute approximate surface area is 200 Å². The fraction of sp³-hybridized carbons (Fsp3) is 0.348. The predicted octanol–water partition coefficient (Wildman–Crippen LogP) is 2.86. The molecule has 0 saturated carbocycles. The number of thioether (sulfide) groups is 1. The molecule has 4 heterocycles. The second-order valence-corrected chi connectivity index (χ2v) is 9.35. The van der Waals surface area contributed by atoms with E-state index in [0.29, 0.717) is 65.3 Å². The molecule has 4 rings (SSSR count). The minimum atomic E-state index is -0.267. The third kappa shape index (κ3) is 4.58. The van der Waals surface area contributed by atoms with E-state index in [2.05, 4.69) is 6.58 Å². The lowest BCUT2D eigenvalue weighted by molar-refractivity contribution is -0.148. The van der Waals surface area contributed by atoms with Crippen LogP contribution in [0.15, 0.2) is 46.8 Å². The maximum absolute atomic E-state index is 13.4. The Hall–Kier alpha value is -2.98. The number of ether oxygens (including phenoxy) is 1. The topological polar surface area (TPSA) is 84.2 Å². The van der Waals surface area contributed by atoms with Crippen LogP contribution >= 0.6 is 24.0 Å². The fourth-order valence-corrected chi connectivity index (χ4v) is 5.22. The number of fused-ring (bicyclic) bond motifs is 1. The van der Waals surface area contributed by atoms with E-state index in [1.807, 2.05) is 11.0 Å². The highest BCUT2D eigenvalue weighted by atomic mass is 32.2. The second-order valence-electron chi connectivity index (χ2n) is 7.68. The lowest BCUT2D eigenvalue weighted by atomic mass is 9.96. The largest absolute Gasteiger partial charge is 0.466 e. The predicted molar refractivity (Wildman–Crippen MR) is 133 cm³/mol. The summed E-state index contributed by atoms with van der Waals surface area (Å²) in [4.78, 5) is 47.0. The maximum atomic E-state index is 13.4. The molecule has 10 heteroatoms. The van der Waals surface area contributed by atoms with Crippen molar-refractivity contribution >= 4 is 57.7 Å². The van der Waals surface area contributed by atoms with Crippen LogP contribution in [0.3, 0.4) is 0 Å². The molecular formula is C23H24N4O4S2. The maximum Gasteiger partial charge on any atom is 0.309 e. The summed E-state index contributed by atoms with van der Waals surface area (Å²) in [6.45, 7) is 7.24. The number of anilines is 1. The molecule has 0 radical (unpaired) electrons. The Bertz CT molecular complexity index is 1210. The van der Waals surface area contributed by atoms with Gasteiger partial charge in [0.05, 0.1) is 23.0 Å². The Morgan fingerprint density at radius 1 is 1.33 bits per heavy atom. The van der Waals surface area contributed by atoms with Crippen molar-refractivity contribution in [1.29, 1.82) is 0 Å². The van der Waals surface area contributed by atoms with Crippen LogP contribution in [0.25, 0.3) is 11.7 Å². The van der Waals surface area contributed by atoms with Gasteiger partial charge in [0.15, 0.2) is 0 Å². The zero-order valence-electron chi connectivity index (χ0n) is 18.2. The van der Waals surface area contributed by atoms with Gasteiger partial charge < -0.3 is 9.64 Å². The summed E-state index contributed by atoms with van der Waals surface area (Å²) in [6.07, 6.45) is 6.07. The minimum absolute atomic E-state index is 0.165. The van der Waals surface area contributed by atoms with Gasteiger partial charge in [0.2, 0.25) is 0 Å². The van der Waals surface area contributed by atoms with Gasteiger partial charge in [-0.05, 0) is 38.0 Å². The first kappa shape index (κ1) is 23.2. The summed E-state index contributed by atoms with van der Waals surface area (Å²) in [6, 6.07) is 5.34. The number of amides is 1. The third-order valence-corrected chi connectivity index (χ3v) is 7.00. The third-order valence-electron chi connectivity index (χ3n) is 5.62. The summed E-state index contributed by atoms with van der Waals surface area (Å²) < 4.78 is 7.05. The van der Waals surface area contributed by atoms with Gasteiger partial charge in [0.25, 0.3) is 11.5 Å². The molecule has 1 amide bonds. The average molecular weight is 485 g/mol. The number of hydrogen-bond donors (Lipinski definition) is 0. The van der Waals surface area contributed by atoms with Gasteiger partial charge in [-0.2, -0.15) is 0 Å². The van der Waals surface area contributed by atoms with Crippen molar-refractivity contribution in [3.05, 3.63) is 57.9 Å². The lowest BCUT2D eigenvalue weighted by Crippen LogP contribution is -2.39. The highest BCUT2D eigenvalue weighted by molar-refractivity contribution is 8.26. The van der Waals surface area contributed by atoms with Crippen molar-refractivity contribution in [2.75, 3.05) is 31.1 Å². The molecule has 0 unspecified atom stereocenters. The molecule has 0 bridgehead atoms. The number of carbonyl (C=O) groups is 2. The molecule has 0 aliphatic carbocycles. The molecular weight excluding hydrogens is 460 g/mol. The van der Waals surface area contributed by atoms with E-state index in [-0.39, 0.29) is 23.4 Å². The number of hydrogen-bond acceptors (Lipinski definition) is 8. The van der Waals surface area contributed by atoms with Crippen molar-refractivity contribution in [1.82, 2.24) is 14.3 Å². The van der Waals surface area contributed by atoms with Gasteiger partial charge in [0, 0.05) is 25.8 Å². The number of carbonyl (C=O) groups excluding carboxylic acids is 2. The molecule has 0 atom stereocenters. The highest BCUT2D eigenvalue weighted by Crippen LogP contribution is 2.34. The van der Waals surface area contributed by atoms with Crippen LogP contribution in [0.1, 0.15) is 25.3 Å². The second kappa shape index (κ2) is 9.88. The molecule has 2 saturated heterocycles. The van der Waals surface area contributed by atoms with E-state index in [1.54, 1.807) is 37.4 Å². The summed E-state index contributed by atoms with van der Waals surface area (Å²) in [5.74, 6) is -0.104. The quantitative estimate of drug-likeness (QED) is 0.268. The van der Waals surface area contributed by atoms with E-state index < -0.39 is 0 Å². The van der Waals surface area contributed by atoms with Gasteiger partial charge in [-0.25, -0.2) is 4.98 Å². The summed E-state index contributed by atoms with van der Waals surface area (Å²) in [5.41, 5.74) is 0.575. The van der Waals surface area contributed by atoms with E-state index >= 15 is 0 Å². The Morgan fingerprint density at radius 3 is 2.79 bits per heavy atom. The number of nitrogens with zero attached hydrogens (tertiary/aromatic N) is 4. The molecule has 2 aliphatic rings. The SMILES string of the molecule is C=CCN1C(=O)C(=Cc2c(N3CCC(C(=O)OCC)CC3)nc3ccccn3c2=O)SC1=S. The lowest BCUT2D eigenvalue weighted by Gasteiger charge is -2.32. The van der Waals surface area contributed by atoms with Crippen molar-refractivity contribution in [2.45, 2.75) is 19.8 Å². The summed E-state index contributed by atoms with van der Waals surface area (Å²) >= 11 is 6.49. The number of thiocarbonyl (C=S) groups is 1.